The van der Waals surface area contributed by atoms with Gasteiger partial charge in [-0.05, 0) is 103 Å². The molecule has 0 bridgehead atoms. The standard InChI is InChI=1S/C31H52O2/c1-19(2)20(3)18-25(32)21(4)22-12-16-31(9)24-10-11-26-28(5,6)27(33)14-15-29(26,7)23(24)13-17-30(22,31)8/h19,21-22,25-27,32-33H,3,10-18H2,1-2,4-9H3/t21-,22+,25+,26-,27-,29+,30+,31-/m0/s1. The monoisotopic (exact) mass is 456 g/mol. The molecule has 0 aromatic heterocycles. The van der Waals surface area contributed by atoms with Crippen LogP contribution in [0.3, 0.4) is 0 Å². The van der Waals surface area contributed by atoms with Gasteiger partial charge in [-0.1, -0.05) is 78.7 Å². The highest BCUT2D eigenvalue weighted by molar-refractivity contribution is 5.38. The van der Waals surface area contributed by atoms with Gasteiger partial charge in [0.2, 0.25) is 0 Å². The number of rotatable bonds is 5. The molecular formula is C31H52O2. The molecule has 4 rings (SSSR count). The van der Waals surface area contributed by atoms with Gasteiger partial charge in [-0.15, -0.1) is 0 Å². The first-order valence-corrected chi connectivity index (χ1v) is 14.0. The summed E-state index contributed by atoms with van der Waals surface area (Å²) in [7, 11) is 0. The third-order valence-electron chi connectivity index (χ3n) is 12.3. The van der Waals surface area contributed by atoms with Crippen molar-refractivity contribution in [3.63, 3.8) is 0 Å². The van der Waals surface area contributed by atoms with Crippen molar-refractivity contribution in [2.24, 2.45) is 45.3 Å². The normalized spacial score (nSPS) is 44.2. The quantitative estimate of drug-likeness (QED) is 0.416. The van der Waals surface area contributed by atoms with Crippen molar-refractivity contribution in [2.75, 3.05) is 0 Å². The van der Waals surface area contributed by atoms with Crippen LogP contribution in [0.2, 0.25) is 0 Å². The smallest absolute Gasteiger partial charge is 0.0605 e. The van der Waals surface area contributed by atoms with E-state index in [1.54, 1.807) is 11.1 Å². The van der Waals surface area contributed by atoms with Crippen LogP contribution < -0.4 is 0 Å². The van der Waals surface area contributed by atoms with Gasteiger partial charge in [-0.2, -0.15) is 0 Å². The van der Waals surface area contributed by atoms with E-state index in [1.807, 2.05) is 0 Å². The zero-order valence-corrected chi connectivity index (χ0v) is 22.9. The van der Waals surface area contributed by atoms with E-state index in [2.05, 4.69) is 62.0 Å². The van der Waals surface area contributed by atoms with E-state index in [4.69, 9.17) is 0 Å². The fraction of sp³-hybridized carbons (Fsp3) is 0.871. The lowest BCUT2D eigenvalue weighted by atomic mass is 9.43. The number of fused-ring (bicyclic) bond motifs is 4. The molecule has 0 amide bonds. The maximum absolute atomic E-state index is 11.2. The molecule has 0 saturated heterocycles. The molecule has 0 heterocycles. The predicted molar refractivity (Wildman–Crippen MR) is 139 cm³/mol. The van der Waals surface area contributed by atoms with Crippen molar-refractivity contribution in [2.45, 2.75) is 125 Å². The fourth-order valence-electron chi connectivity index (χ4n) is 9.52. The summed E-state index contributed by atoms with van der Waals surface area (Å²) in [6.45, 7) is 23.3. The van der Waals surface area contributed by atoms with Crippen LogP contribution in [0, 0.1) is 45.3 Å². The summed E-state index contributed by atoms with van der Waals surface area (Å²) in [5.41, 5.74) is 5.52. The van der Waals surface area contributed by atoms with Crippen LogP contribution in [0.4, 0.5) is 0 Å². The highest BCUT2D eigenvalue weighted by Crippen LogP contribution is 2.72. The summed E-state index contributed by atoms with van der Waals surface area (Å²) in [4.78, 5) is 0. The molecule has 2 heteroatoms. The van der Waals surface area contributed by atoms with E-state index in [0.29, 0.717) is 23.7 Å². The Kier molecular flexibility index (Phi) is 6.35. The van der Waals surface area contributed by atoms with Gasteiger partial charge in [-0.25, -0.2) is 0 Å². The highest BCUT2D eigenvalue weighted by Gasteiger charge is 2.63. The third-order valence-corrected chi connectivity index (χ3v) is 12.3. The molecule has 0 aromatic rings. The van der Waals surface area contributed by atoms with Crippen molar-refractivity contribution in [1.29, 1.82) is 0 Å². The fourth-order valence-corrected chi connectivity index (χ4v) is 9.52. The van der Waals surface area contributed by atoms with Crippen LogP contribution in [0.15, 0.2) is 23.3 Å². The first-order chi connectivity index (χ1) is 15.2. The van der Waals surface area contributed by atoms with Gasteiger partial charge >= 0.3 is 0 Å². The summed E-state index contributed by atoms with van der Waals surface area (Å²) in [5, 5.41) is 22.0. The molecule has 0 aromatic carbocycles. The second-order valence-electron chi connectivity index (χ2n) is 14.2. The summed E-state index contributed by atoms with van der Waals surface area (Å²) >= 11 is 0. The second kappa shape index (κ2) is 8.22. The van der Waals surface area contributed by atoms with Gasteiger partial charge in [0.05, 0.1) is 12.2 Å². The minimum absolute atomic E-state index is 0.00281. The lowest BCUT2D eigenvalue weighted by Crippen LogP contribution is -2.55. The molecule has 33 heavy (non-hydrogen) atoms. The Labute approximate surface area is 204 Å². The van der Waals surface area contributed by atoms with E-state index < -0.39 is 0 Å². The summed E-state index contributed by atoms with van der Waals surface area (Å²) in [5.74, 6) is 1.90. The molecule has 0 radical (unpaired) electrons. The molecular weight excluding hydrogens is 404 g/mol. The Hall–Kier alpha value is -0.600. The Morgan fingerprint density at radius 3 is 2.24 bits per heavy atom. The van der Waals surface area contributed by atoms with E-state index >= 15 is 0 Å². The largest absolute Gasteiger partial charge is 0.393 e. The molecule has 8 atom stereocenters. The Balaban J connectivity index is 1.65. The Bertz CT molecular complexity index is 821. The van der Waals surface area contributed by atoms with Gasteiger partial charge in [0.25, 0.3) is 0 Å². The van der Waals surface area contributed by atoms with Crippen molar-refractivity contribution in [3.05, 3.63) is 23.3 Å². The first-order valence-electron chi connectivity index (χ1n) is 14.0. The van der Waals surface area contributed by atoms with E-state index in [9.17, 15) is 10.2 Å². The lowest BCUT2D eigenvalue weighted by Gasteiger charge is -2.62. The van der Waals surface area contributed by atoms with Gasteiger partial charge in [0.15, 0.2) is 0 Å². The molecule has 2 nitrogen and oxygen atoms in total. The zero-order chi connectivity index (χ0) is 24.6. The van der Waals surface area contributed by atoms with E-state index in [-0.39, 0.29) is 33.9 Å². The van der Waals surface area contributed by atoms with Crippen molar-refractivity contribution >= 4 is 0 Å². The Morgan fingerprint density at radius 1 is 0.939 bits per heavy atom. The van der Waals surface area contributed by atoms with E-state index in [0.717, 1.165) is 19.3 Å². The molecule has 2 fully saturated rings. The zero-order valence-electron chi connectivity index (χ0n) is 22.9. The van der Waals surface area contributed by atoms with Gasteiger partial charge < -0.3 is 10.2 Å². The maximum atomic E-state index is 11.2. The minimum atomic E-state index is -0.284. The number of hydrogen-bond donors (Lipinski definition) is 2. The Morgan fingerprint density at radius 2 is 1.61 bits per heavy atom. The highest BCUT2D eigenvalue weighted by atomic mass is 16.3. The third kappa shape index (κ3) is 3.55. The molecule has 0 unspecified atom stereocenters. The van der Waals surface area contributed by atoms with Gasteiger partial charge in [0, 0.05) is 0 Å². The predicted octanol–water partition coefficient (Wildman–Crippen LogP) is 7.70. The second-order valence-corrected chi connectivity index (χ2v) is 14.2. The van der Waals surface area contributed by atoms with Crippen molar-refractivity contribution in [1.82, 2.24) is 0 Å². The van der Waals surface area contributed by atoms with Gasteiger partial charge in [0.1, 0.15) is 0 Å². The molecule has 2 saturated carbocycles. The average Bonchev–Trinajstić information content (AvgIpc) is 3.02. The SMILES string of the molecule is C=C(C[C@@H](O)[C@@H](C)[C@H]1CC[C@@]2(C)C3=C(CC[C@]12C)[C@@]1(C)CC[C@H](O)C(C)(C)[C@@H]1CC3)C(C)C. The number of hydrogen-bond acceptors (Lipinski definition) is 2. The molecule has 4 aliphatic carbocycles. The topological polar surface area (TPSA) is 40.5 Å². The molecule has 4 aliphatic rings. The van der Waals surface area contributed by atoms with Crippen LogP contribution in [0.1, 0.15) is 113 Å². The summed E-state index contributed by atoms with van der Waals surface area (Å²) < 4.78 is 0. The van der Waals surface area contributed by atoms with E-state index in [1.165, 1.54) is 44.1 Å². The van der Waals surface area contributed by atoms with Crippen LogP contribution in [-0.2, 0) is 0 Å². The lowest BCUT2D eigenvalue weighted by molar-refractivity contribution is -0.0970. The number of allylic oxidation sites excluding steroid dienone is 2. The van der Waals surface area contributed by atoms with Crippen LogP contribution in [-0.4, -0.2) is 22.4 Å². The van der Waals surface area contributed by atoms with Crippen LogP contribution in [0.25, 0.3) is 0 Å². The number of aliphatic hydroxyl groups excluding tert-OH is 2. The molecule has 2 N–H and O–H groups in total. The summed E-state index contributed by atoms with van der Waals surface area (Å²) in [6, 6.07) is 0. The van der Waals surface area contributed by atoms with Crippen LogP contribution >= 0.6 is 0 Å². The molecule has 188 valence electrons. The van der Waals surface area contributed by atoms with Crippen molar-refractivity contribution in [3.8, 4) is 0 Å². The maximum Gasteiger partial charge on any atom is 0.0605 e. The molecule has 0 aliphatic heterocycles. The van der Waals surface area contributed by atoms with Gasteiger partial charge in [-0.3, -0.25) is 0 Å². The first kappa shape index (κ1) is 25.5. The van der Waals surface area contributed by atoms with Crippen LogP contribution in [0.5, 0.6) is 0 Å². The minimum Gasteiger partial charge on any atom is -0.393 e. The number of aliphatic hydroxyl groups is 2. The summed E-state index contributed by atoms with van der Waals surface area (Å²) in [6.07, 6.45) is 9.79. The average molecular weight is 457 g/mol. The van der Waals surface area contributed by atoms with Crippen molar-refractivity contribution < 1.29 is 10.2 Å². The molecule has 0 spiro atoms.